The van der Waals surface area contributed by atoms with Crippen molar-refractivity contribution < 1.29 is 27.4 Å². The summed E-state index contributed by atoms with van der Waals surface area (Å²) in [5.74, 6) is -0.302. The van der Waals surface area contributed by atoms with E-state index in [1.165, 1.54) is 32.4 Å². The van der Waals surface area contributed by atoms with Crippen LogP contribution in [0.2, 0.25) is 0 Å². The van der Waals surface area contributed by atoms with E-state index in [2.05, 4.69) is 5.32 Å². The van der Waals surface area contributed by atoms with Crippen LogP contribution >= 0.6 is 0 Å². The van der Waals surface area contributed by atoms with E-state index in [0.717, 1.165) is 6.07 Å². The molecule has 25 heavy (non-hydrogen) atoms. The minimum atomic E-state index is -4.51. The Bertz CT molecular complexity index is 818. The van der Waals surface area contributed by atoms with Crippen LogP contribution in [0.5, 0.6) is 11.5 Å². The molecule has 1 aliphatic rings. The molecule has 2 aromatic carbocycles. The highest BCUT2D eigenvalue weighted by atomic mass is 19.4. The van der Waals surface area contributed by atoms with Gasteiger partial charge >= 0.3 is 6.18 Å². The average molecular weight is 351 g/mol. The molecule has 1 heterocycles. The van der Waals surface area contributed by atoms with Crippen LogP contribution in [0.4, 0.5) is 18.9 Å². The number of amides is 1. The molecule has 3 rings (SSSR count). The predicted octanol–water partition coefficient (Wildman–Crippen LogP) is 4.20. The third-order valence-electron chi connectivity index (χ3n) is 4.22. The maximum atomic E-state index is 13.4. The Balaban J connectivity index is 2.23. The molecule has 0 aliphatic carbocycles. The molecular weight excluding hydrogens is 335 g/mol. The number of rotatable bonds is 3. The molecule has 0 radical (unpaired) electrons. The van der Waals surface area contributed by atoms with Crippen LogP contribution in [-0.4, -0.2) is 20.1 Å². The Morgan fingerprint density at radius 1 is 1.12 bits per heavy atom. The highest BCUT2D eigenvalue weighted by Crippen LogP contribution is 2.47. The second-order valence-corrected chi connectivity index (χ2v) is 5.68. The van der Waals surface area contributed by atoms with E-state index >= 15 is 0 Å². The SMILES string of the molecule is COc1cc2c(c(OC)c1)[C@H](c1ccccc1C(F)(F)F)CC(=O)N2. The van der Waals surface area contributed by atoms with E-state index in [1.54, 1.807) is 12.1 Å². The minimum Gasteiger partial charge on any atom is -0.497 e. The fourth-order valence-electron chi connectivity index (χ4n) is 3.16. The molecule has 0 saturated heterocycles. The number of methoxy groups -OCH3 is 2. The van der Waals surface area contributed by atoms with Crippen LogP contribution < -0.4 is 14.8 Å². The first-order valence-electron chi connectivity index (χ1n) is 7.57. The van der Waals surface area contributed by atoms with Gasteiger partial charge in [0.05, 0.1) is 25.5 Å². The number of hydrogen-bond donors (Lipinski definition) is 1. The number of benzene rings is 2. The van der Waals surface area contributed by atoms with Crippen molar-refractivity contribution in [2.75, 3.05) is 19.5 Å². The first-order valence-corrected chi connectivity index (χ1v) is 7.57. The van der Waals surface area contributed by atoms with Crippen LogP contribution in [0.3, 0.4) is 0 Å². The van der Waals surface area contributed by atoms with Crippen molar-refractivity contribution >= 4 is 11.6 Å². The smallest absolute Gasteiger partial charge is 0.416 e. The number of nitrogens with one attached hydrogen (secondary N) is 1. The summed E-state index contributed by atoms with van der Waals surface area (Å²) in [5.41, 5.74) is 0.210. The van der Waals surface area contributed by atoms with Crippen LogP contribution in [0.15, 0.2) is 36.4 Å². The van der Waals surface area contributed by atoms with E-state index in [-0.39, 0.29) is 17.9 Å². The molecule has 1 aliphatic heterocycles. The maximum absolute atomic E-state index is 13.4. The molecule has 0 unspecified atom stereocenters. The van der Waals surface area contributed by atoms with Crippen molar-refractivity contribution in [3.8, 4) is 11.5 Å². The van der Waals surface area contributed by atoms with Crippen LogP contribution in [0.1, 0.15) is 29.0 Å². The van der Waals surface area contributed by atoms with Gasteiger partial charge in [-0.25, -0.2) is 0 Å². The summed E-state index contributed by atoms with van der Waals surface area (Å²) >= 11 is 0. The third kappa shape index (κ3) is 3.14. The summed E-state index contributed by atoms with van der Waals surface area (Å²) in [7, 11) is 2.89. The Labute approximate surface area is 142 Å². The van der Waals surface area contributed by atoms with Gasteiger partial charge in [-0.05, 0) is 11.6 Å². The summed E-state index contributed by atoms with van der Waals surface area (Å²) in [6.45, 7) is 0. The Morgan fingerprint density at radius 2 is 1.84 bits per heavy atom. The lowest BCUT2D eigenvalue weighted by Gasteiger charge is -2.29. The zero-order valence-electron chi connectivity index (χ0n) is 13.6. The summed E-state index contributed by atoms with van der Waals surface area (Å²) in [6, 6.07) is 8.48. The monoisotopic (exact) mass is 351 g/mol. The number of carbonyl (C=O) groups is 1. The second-order valence-electron chi connectivity index (χ2n) is 5.68. The number of anilines is 1. The molecule has 132 valence electrons. The molecule has 1 amide bonds. The lowest BCUT2D eigenvalue weighted by atomic mass is 9.82. The summed E-state index contributed by atoms with van der Waals surface area (Å²) in [6.07, 6.45) is -4.60. The highest BCUT2D eigenvalue weighted by molar-refractivity contribution is 5.96. The normalized spacial score (nSPS) is 16.8. The van der Waals surface area contributed by atoms with Gasteiger partial charge in [0.2, 0.25) is 5.91 Å². The molecule has 0 aromatic heterocycles. The molecular formula is C18H16F3NO3. The Kier molecular flexibility index (Phi) is 4.32. The van der Waals surface area contributed by atoms with Crippen molar-refractivity contribution in [3.63, 3.8) is 0 Å². The van der Waals surface area contributed by atoms with E-state index in [0.29, 0.717) is 22.7 Å². The third-order valence-corrected chi connectivity index (χ3v) is 4.22. The number of fused-ring (bicyclic) bond motifs is 1. The number of ether oxygens (including phenoxy) is 2. The van der Waals surface area contributed by atoms with Gasteiger partial charge in [-0.3, -0.25) is 4.79 Å². The van der Waals surface area contributed by atoms with Gasteiger partial charge in [0.25, 0.3) is 0 Å². The topological polar surface area (TPSA) is 47.6 Å². The van der Waals surface area contributed by atoms with E-state index in [4.69, 9.17) is 9.47 Å². The number of alkyl halides is 3. The predicted molar refractivity (Wildman–Crippen MR) is 86.1 cm³/mol. The fraction of sp³-hybridized carbons (Fsp3) is 0.278. The number of carbonyl (C=O) groups excluding carboxylic acids is 1. The van der Waals surface area contributed by atoms with E-state index < -0.39 is 17.7 Å². The van der Waals surface area contributed by atoms with Crippen molar-refractivity contribution in [1.29, 1.82) is 0 Å². The standard InChI is InChI=1S/C18H16F3NO3/c1-24-10-7-14-17(15(8-10)25-2)12(9-16(23)22-14)11-5-3-4-6-13(11)18(19,20)21/h3-8,12H,9H2,1-2H3,(H,22,23)/t12-/m0/s1. The van der Waals surface area contributed by atoms with Crippen LogP contribution in [0.25, 0.3) is 0 Å². The van der Waals surface area contributed by atoms with Gasteiger partial charge in [0, 0.05) is 30.0 Å². The van der Waals surface area contributed by atoms with Crippen molar-refractivity contribution in [2.45, 2.75) is 18.5 Å². The zero-order valence-corrected chi connectivity index (χ0v) is 13.6. The molecule has 0 spiro atoms. The first-order chi connectivity index (χ1) is 11.8. The van der Waals surface area contributed by atoms with Crippen molar-refractivity contribution in [3.05, 3.63) is 53.1 Å². The average Bonchev–Trinajstić information content (AvgIpc) is 2.59. The van der Waals surface area contributed by atoms with Crippen molar-refractivity contribution in [1.82, 2.24) is 0 Å². The maximum Gasteiger partial charge on any atom is 0.416 e. The molecule has 1 atom stereocenters. The van der Waals surface area contributed by atoms with Crippen LogP contribution in [0, 0.1) is 0 Å². The van der Waals surface area contributed by atoms with Crippen LogP contribution in [-0.2, 0) is 11.0 Å². The molecule has 0 fully saturated rings. The van der Waals surface area contributed by atoms with Gasteiger partial charge in [-0.15, -0.1) is 0 Å². The van der Waals surface area contributed by atoms with E-state index in [9.17, 15) is 18.0 Å². The van der Waals surface area contributed by atoms with Crippen molar-refractivity contribution in [2.24, 2.45) is 0 Å². The Hall–Kier alpha value is -2.70. The quantitative estimate of drug-likeness (QED) is 0.902. The highest BCUT2D eigenvalue weighted by Gasteiger charge is 2.38. The Morgan fingerprint density at radius 3 is 2.48 bits per heavy atom. The molecule has 4 nitrogen and oxygen atoms in total. The van der Waals surface area contributed by atoms with E-state index in [1.807, 2.05) is 0 Å². The first kappa shape index (κ1) is 17.1. The molecule has 1 N–H and O–H groups in total. The summed E-state index contributed by atoms with van der Waals surface area (Å²) < 4.78 is 50.8. The molecule has 7 heteroatoms. The summed E-state index contributed by atoms with van der Waals surface area (Å²) in [4.78, 5) is 12.1. The van der Waals surface area contributed by atoms with Gasteiger partial charge in [-0.1, -0.05) is 18.2 Å². The fourth-order valence-corrected chi connectivity index (χ4v) is 3.16. The van der Waals surface area contributed by atoms with Gasteiger partial charge < -0.3 is 14.8 Å². The largest absolute Gasteiger partial charge is 0.497 e. The molecule has 2 aromatic rings. The van der Waals surface area contributed by atoms with Gasteiger partial charge in [0.1, 0.15) is 11.5 Å². The lowest BCUT2D eigenvalue weighted by molar-refractivity contribution is -0.138. The molecule has 0 bridgehead atoms. The molecule has 0 saturated carbocycles. The minimum absolute atomic E-state index is 0.0505. The number of hydrogen-bond acceptors (Lipinski definition) is 3. The van der Waals surface area contributed by atoms with Gasteiger partial charge in [0.15, 0.2) is 0 Å². The zero-order chi connectivity index (χ0) is 18.2. The lowest BCUT2D eigenvalue weighted by Crippen LogP contribution is -2.25. The summed E-state index contributed by atoms with van der Waals surface area (Å²) in [5, 5.41) is 2.69. The van der Waals surface area contributed by atoms with Gasteiger partial charge in [-0.2, -0.15) is 13.2 Å². The number of halogens is 3. The second kappa shape index (κ2) is 6.31.